The number of fused-ring (bicyclic) bond motifs is 3. The highest BCUT2D eigenvalue weighted by atomic mass is 19.4. The Morgan fingerprint density at radius 2 is 1.59 bits per heavy atom. The van der Waals surface area contributed by atoms with Gasteiger partial charge in [0.15, 0.2) is 5.79 Å². The molecule has 2 N–H and O–H groups in total. The van der Waals surface area contributed by atoms with Crippen molar-refractivity contribution in [1.29, 1.82) is 0 Å². The first-order valence-electron chi connectivity index (χ1n) is 12.5. The van der Waals surface area contributed by atoms with Crippen LogP contribution in [-0.2, 0) is 26.7 Å². The maximum absolute atomic E-state index is 13.7. The number of amides is 2. The highest BCUT2D eigenvalue weighted by Gasteiger charge is 2.66. The Labute approximate surface area is 219 Å². The van der Waals surface area contributed by atoms with E-state index >= 15 is 0 Å². The first kappa shape index (κ1) is 27.4. The zero-order valence-corrected chi connectivity index (χ0v) is 20.6. The summed E-state index contributed by atoms with van der Waals surface area (Å²) < 4.78 is 87.0. The minimum atomic E-state index is -5.16. The molecule has 6 atom stereocenters. The van der Waals surface area contributed by atoms with Gasteiger partial charge in [-0.25, -0.2) is 0 Å². The minimum Gasteiger partial charge on any atom is -0.508 e. The molecule has 0 bridgehead atoms. The van der Waals surface area contributed by atoms with Gasteiger partial charge in [-0.1, -0.05) is 31.5 Å². The van der Waals surface area contributed by atoms with Gasteiger partial charge in [-0.15, -0.1) is 0 Å². The van der Waals surface area contributed by atoms with Crippen LogP contribution in [-0.4, -0.2) is 27.8 Å². The molecule has 0 radical (unpaired) electrons. The van der Waals surface area contributed by atoms with Crippen LogP contribution in [0.4, 0.5) is 32.0 Å². The average Bonchev–Trinajstić information content (AvgIpc) is 3.32. The van der Waals surface area contributed by atoms with E-state index in [1.54, 1.807) is 18.2 Å². The van der Waals surface area contributed by atoms with Crippen molar-refractivity contribution in [2.24, 2.45) is 23.7 Å². The van der Waals surface area contributed by atoms with Gasteiger partial charge in [0.25, 0.3) is 0 Å². The number of anilines is 1. The van der Waals surface area contributed by atoms with Crippen LogP contribution in [0.2, 0.25) is 0 Å². The van der Waals surface area contributed by atoms with E-state index in [1.807, 2.05) is 6.92 Å². The number of hydrogen-bond acceptors (Lipinski definition) is 5. The van der Waals surface area contributed by atoms with Crippen LogP contribution in [0, 0.1) is 23.7 Å². The zero-order chi connectivity index (χ0) is 28.5. The Morgan fingerprint density at radius 3 is 2.15 bits per heavy atom. The predicted octanol–water partition coefficient (Wildman–Crippen LogP) is 5.82. The van der Waals surface area contributed by atoms with Crippen LogP contribution in [0.3, 0.4) is 0 Å². The van der Waals surface area contributed by atoms with Crippen LogP contribution in [0.15, 0.2) is 42.5 Å². The molecule has 2 aromatic carbocycles. The number of nitrogens with zero attached hydrogens (tertiary/aromatic N) is 1. The summed E-state index contributed by atoms with van der Waals surface area (Å²) in [5.74, 6) is -7.79. The number of phenolic OH excluding ortho intramolecular Hbond substituents is 1. The molecule has 3 aliphatic rings. The SMILES string of the molecule is CCC[C@H]1C[C@@H]2C(=O)N(c3cc(C(F)(F)F)cc(C(F)(F)F)c3)C(=O)[C@@H]2[C@@H]2C[C@@H](c3ccccc3O)O[C@]12O. The number of phenols is 1. The molecular formula is C27H25F6NO5. The highest BCUT2D eigenvalue weighted by Crippen LogP contribution is 2.60. The van der Waals surface area contributed by atoms with Crippen molar-refractivity contribution >= 4 is 17.5 Å². The molecule has 2 aliphatic heterocycles. The fourth-order valence-electron chi connectivity index (χ4n) is 6.44. The number of aromatic hydroxyl groups is 1. The van der Waals surface area contributed by atoms with E-state index in [-0.39, 0.29) is 24.7 Å². The van der Waals surface area contributed by atoms with E-state index < -0.39 is 76.5 Å². The Morgan fingerprint density at radius 1 is 0.974 bits per heavy atom. The summed E-state index contributed by atoms with van der Waals surface area (Å²) in [5, 5.41) is 22.1. The molecule has 39 heavy (non-hydrogen) atoms. The van der Waals surface area contributed by atoms with Gasteiger partial charge in [-0.05, 0) is 43.5 Å². The molecule has 2 amide bonds. The topological polar surface area (TPSA) is 87.1 Å². The molecule has 5 rings (SSSR count). The fourth-order valence-corrected chi connectivity index (χ4v) is 6.44. The lowest BCUT2D eigenvalue weighted by molar-refractivity contribution is -0.270. The summed E-state index contributed by atoms with van der Waals surface area (Å²) in [6.45, 7) is 1.84. The van der Waals surface area contributed by atoms with Crippen LogP contribution < -0.4 is 4.90 Å². The first-order chi connectivity index (χ1) is 18.2. The van der Waals surface area contributed by atoms with Crippen LogP contribution in [0.25, 0.3) is 0 Å². The van der Waals surface area contributed by atoms with Gasteiger partial charge >= 0.3 is 12.4 Å². The van der Waals surface area contributed by atoms with Crippen molar-refractivity contribution in [2.75, 3.05) is 4.90 Å². The number of carbonyl (C=O) groups is 2. The molecular weight excluding hydrogens is 532 g/mol. The monoisotopic (exact) mass is 557 g/mol. The summed E-state index contributed by atoms with van der Waals surface area (Å²) in [6, 6.07) is 6.89. The van der Waals surface area contributed by atoms with Crippen molar-refractivity contribution in [1.82, 2.24) is 0 Å². The third-order valence-corrected chi connectivity index (χ3v) is 8.12. The van der Waals surface area contributed by atoms with Crippen molar-refractivity contribution < 1.29 is 50.9 Å². The van der Waals surface area contributed by atoms with Crippen molar-refractivity contribution in [3.8, 4) is 5.75 Å². The number of halogens is 6. The normalized spacial score (nSPS) is 31.0. The average molecular weight is 557 g/mol. The number of alkyl halides is 6. The smallest absolute Gasteiger partial charge is 0.416 e. The lowest BCUT2D eigenvalue weighted by Gasteiger charge is -2.44. The van der Waals surface area contributed by atoms with E-state index in [4.69, 9.17) is 4.74 Å². The number of carbonyl (C=O) groups excluding carboxylic acids is 2. The van der Waals surface area contributed by atoms with Crippen LogP contribution in [0.1, 0.15) is 55.4 Å². The van der Waals surface area contributed by atoms with Gasteiger partial charge < -0.3 is 14.9 Å². The Kier molecular flexibility index (Phi) is 6.49. The van der Waals surface area contributed by atoms with Crippen molar-refractivity contribution in [3.05, 3.63) is 59.2 Å². The van der Waals surface area contributed by atoms with Crippen LogP contribution in [0.5, 0.6) is 5.75 Å². The van der Waals surface area contributed by atoms with E-state index in [1.165, 1.54) is 6.07 Å². The molecule has 0 unspecified atom stereocenters. The number of aliphatic hydroxyl groups is 1. The molecule has 0 aromatic heterocycles. The second-order valence-corrected chi connectivity index (χ2v) is 10.4. The number of benzene rings is 2. The fraction of sp³-hybridized carbons (Fsp3) is 0.481. The summed E-state index contributed by atoms with van der Waals surface area (Å²) in [5.41, 5.74) is -3.76. The maximum atomic E-state index is 13.7. The Hall–Kier alpha value is -3.12. The molecule has 3 fully saturated rings. The van der Waals surface area contributed by atoms with Gasteiger partial charge in [-0.3, -0.25) is 14.5 Å². The standard InChI is InChI=1S/C27H25F6NO5/c1-2-5-13-11-18-22(19-12-21(39-25(13,19)38)17-6-3-4-7-20(17)35)24(37)34(23(18)36)16-9-14(26(28,29)30)8-15(10-16)27(31,32)33/h3-4,6-10,13,18-19,21-22,35,38H,2,5,11-12H2,1H3/t13-,18-,19-,21-,22-,25+/m0/s1. The molecule has 2 saturated heterocycles. The highest BCUT2D eigenvalue weighted by molar-refractivity contribution is 6.22. The molecule has 6 nitrogen and oxygen atoms in total. The molecule has 0 spiro atoms. The Bertz CT molecular complexity index is 1280. The lowest BCUT2D eigenvalue weighted by Crippen LogP contribution is -2.53. The maximum Gasteiger partial charge on any atom is 0.416 e. The summed E-state index contributed by atoms with van der Waals surface area (Å²) in [6.07, 6.45) is -10.2. The van der Waals surface area contributed by atoms with Crippen LogP contribution >= 0.6 is 0 Å². The summed E-state index contributed by atoms with van der Waals surface area (Å²) in [7, 11) is 0. The second-order valence-electron chi connectivity index (χ2n) is 10.4. The number of imide groups is 1. The van der Waals surface area contributed by atoms with Crippen molar-refractivity contribution in [2.45, 2.75) is 56.9 Å². The Balaban J connectivity index is 1.58. The second kappa shape index (κ2) is 9.22. The number of ether oxygens (including phenoxy) is 1. The number of para-hydroxylation sites is 1. The molecule has 12 heteroatoms. The van der Waals surface area contributed by atoms with Gasteiger partial charge in [0, 0.05) is 17.4 Å². The molecule has 1 aliphatic carbocycles. The molecule has 2 heterocycles. The van der Waals surface area contributed by atoms with E-state index in [0.717, 1.165) is 0 Å². The summed E-state index contributed by atoms with van der Waals surface area (Å²) in [4.78, 5) is 27.6. The third-order valence-electron chi connectivity index (χ3n) is 8.12. The largest absolute Gasteiger partial charge is 0.508 e. The predicted molar refractivity (Wildman–Crippen MR) is 124 cm³/mol. The zero-order valence-electron chi connectivity index (χ0n) is 20.6. The molecule has 1 saturated carbocycles. The summed E-state index contributed by atoms with van der Waals surface area (Å²) >= 11 is 0. The van der Waals surface area contributed by atoms with Gasteiger partial charge in [-0.2, -0.15) is 26.3 Å². The molecule has 2 aromatic rings. The number of hydrogen-bond donors (Lipinski definition) is 2. The quantitative estimate of drug-likeness (QED) is 0.366. The minimum absolute atomic E-state index is 0.0126. The number of rotatable bonds is 4. The van der Waals surface area contributed by atoms with E-state index in [0.29, 0.717) is 35.4 Å². The third kappa shape index (κ3) is 4.47. The van der Waals surface area contributed by atoms with Gasteiger partial charge in [0.1, 0.15) is 5.75 Å². The first-order valence-corrected chi connectivity index (χ1v) is 12.5. The van der Waals surface area contributed by atoms with Gasteiger partial charge in [0.05, 0.1) is 34.8 Å². The van der Waals surface area contributed by atoms with E-state index in [2.05, 4.69) is 0 Å². The lowest BCUT2D eigenvalue weighted by atomic mass is 9.63. The van der Waals surface area contributed by atoms with Gasteiger partial charge in [0.2, 0.25) is 11.8 Å². The van der Waals surface area contributed by atoms with E-state index in [9.17, 15) is 46.1 Å². The molecule has 210 valence electrons. The van der Waals surface area contributed by atoms with Crippen molar-refractivity contribution in [3.63, 3.8) is 0 Å².